The van der Waals surface area contributed by atoms with E-state index in [1.165, 1.54) is 64.2 Å². The predicted octanol–water partition coefficient (Wildman–Crippen LogP) is 6.17. The molecular weight excluding hydrogens is 295 g/mol. The summed E-state index contributed by atoms with van der Waals surface area (Å²) in [7, 11) is -2.87. The van der Waals surface area contributed by atoms with Crippen LogP contribution in [-0.4, -0.2) is 19.4 Å². The summed E-state index contributed by atoms with van der Waals surface area (Å²) in [6.45, 7) is 3.42. The van der Waals surface area contributed by atoms with Crippen LogP contribution < -0.4 is 0 Å². The van der Waals surface area contributed by atoms with Gasteiger partial charge in [0.25, 0.3) is 0 Å². The zero-order chi connectivity index (χ0) is 15.7. The quantitative estimate of drug-likeness (QED) is 0.474. The number of hydrogen-bond acceptors (Lipinski definition) is 3. The first-order valence-electron chi connectivity index (χ1n) is 9.60. The van der Waals surface area contributed by atoms with Crippen molar-refractivity contribution in [2.75, 3.05) is 19.4 Å². The lowest BCUT2D eigenvalue weighted by atomic mass is 9.90. The Kier molecular flexibility index (Phi) is 8.49. The summed E-state index contributed by atoms with van der Waals surface area (Å²) in [5, 5.41) is 0. The van der Waals surface area contributed by atoms with E-state index in [1.807, 2.05) is 0 Å². The van der Waals surface area contributed by atoms with Crippen molar-refractivity contribution < 1.29 is 13.6 Å². The maximum atomic E-state index is 13.0. The first kappa shape index (κ1) is 18.5. The summed E-state index contributed by atoms with van der Waals surface area (Å²) in [4.78, 5) is 0. The van der Waals surface area contributed by atoms with Gasteiger partial charge in [0.1, 0.15) is 0 Å². The number of rotatable bonds is 9. The summed E-state index contributed by atoms with van der Waals surface area (Å²) >= 11 is 0. The van der Waals surface area contributed by atoms with E-state index in [4.69, 9.17) is 9.05 Å². The maximum Gasteiger partial charge on any atom is 0.330 e. The van der Waals surface area contributed by atoms with Crippen LogP contribution in [0.4, 0.5) is 0 Å². The highest BCUT2D eigenvalue weighted by atomic mass is 31.2. The molecule has 4 heteroatoms. The molecule has 0 atom stereocenters. The molecule has 0 amide bonds. The van der Waals surface area contributed by atoms with E-state index in [0.29, 0.717) is 31.2 Å². The molecule has 0 unspecified atom stereocenters. The van der Waals surface area contributed by atoms with E-state index in [2.05, 4.69) is 6.92 Å². The Labute approximate surface area is 137 Å². The van der Waals surface area contributed by atoms with Crippen LogP contribution in [0.25, 0.3) is 0 Å². The molecule has 0 radical (unpaired) electrons. The molecule has 2 saturated carbocycles. The van der Waals surface area contributed by atoms with E-state index >= 15 is 0 Å². The Balaban J connectivity index is 1.77. The Morgan fingerprint density at radius 1 is 0.818 bits per heavy atom. The molecule has 0 aromatic carbocycles. The topological polar surface area (TPSA) is 35.5 Å². The predicted molar refractivity (Wildman–Crippen MR) is 92.4 cm³/mol. The second-order valence-electron chi connectivity index (χ2n) is 7.29. The molecule has 2 rings (SSSR count). The molecule has 0 aliphatic heterocycles. The monoisotopic (exact) mass is 330 g/mol. The zero-order valence-corrected chi connectivity index (χ0v) is 15.3. The molecule has 0 bridgehead atoms. The van der Waals surface area contributed by atoms with Gasteiger partial charge in [-0.05, 0) is 43.9 Å². The normalized spacial score (nSPS) is 22.0. The minimum absolute atomic E-state index is 0.599. The lowest BCUT2D eigenvalue weighted by molar-refractivity contribution is 0.137. The van der Waals surface area contributed by atoms with Crippen LogP contribution >= 0.6 is 7.60 Å². The fourth-order valence-electron chi connectivity index (χ4n) is 3.66. The van der Waals surface area contributed by atoms with Crippen LogP contribution in [0.1, 0.15) is 84.0 Å². The van der Waals surface area contributed by atoms with E-state index in [0.717, 1.165) is 12.8 Å². The van der Waals surface area contributed by atoms with Crippen molar-refractivity contribution in [3.63, 3.8) is 0 Å². The van der Waals surface area contributed by atoms with Gasteiger partial charge in [0.05, 0.1) is 19.4 Å². The molecule has 2 aliphatic rings. The van der Waals surface area contributed by atoms with Crippen LogP contribution in [0.5, 0.6) is 0 Å². The molecule has 0 heterocycles. The summed E-state index contributed by atoms with van der Waals surface area (Å²) in [5.74, 6) is 1.20. The van der Waals surface area contributed by atoms with Gasteiger partial charge in [0.2, 0.25) is 0 Å². The van der Waals surface area contributed by atoms with Gasteiger partial charge in [-0.15, -0.1) is 0 Å². The zero-order valence-electron chi connectivity index (χ0n) is 14.4. The van der Waals surface area contributed by atoms with Crippen molar-refractivity contribution in [1.82, 2.24) is 0 Å². The standard InChI is InChI=1S/C18H35O3P/c1-2-3-14-22(19,20-15-17-10-6-4-7-11-17)21-16-18-12-8-5-9-13-18/h17-18H,2-16H2,1H3. The average molecular weight is 330 g/mol. The lowest BCUT2D eigenvalue weighted by Crippen LogP contribution is -2.16. The highest BCUT2D eigenvalue weighted by Gasteiger charge is 2.28. The molecule has 22 heavy (non-hydrogen) atoms. The summed E-state index contributed by atoms with van der Waals surface area (Å²) in [5.41, 5.74) is 0. The lowest BCUT2D eigenvalue weighted by Gasteiger charge is -2.27. The van der Waals surface area contributed by atoms with Gasteiger partial charge in [-0.2, -0.15) is 0 Å². The average Bonchev–Trinajstić information content (AvgIpc) is 2.59. The van der Waals surface area contributed by atoms with Gasteiger partial charge in [-0.25, -0.2) is 0 Å². The van der Waals surface area contributed by atoms with Crippen LogP contribution in [0, 0.1) is 11.8 Å². The molecule has 2 fully saturated rings. The minimum atomic E-state index is -2.87. The van der Waals surface area contributed by atoms with Crippen molar-refractivity contribution in [3.8, 4) is 0 Å². The minimum Gasteiger partial charge on any atom is -0.308 e. The molecule has 0 N–H and O–H groups in total. The molecular formula is C18H35O3P. The number of hydrogen-bond donors (Lipinski definition) is 0. The molecule has 0 aromatic heterocycles. The molecule has 0 aromatic rings. The fourth-order valence-corrected chi connectivity index (χ4v) is 5.58. The fraction of sp³-hybridized carbons (Fsp3) is 1.00. The summed E-state index contributed by atoms with van der Waals surface area (Å²) in [6.07, 6.45) is 15.4. The van der Waals surface area contributed by atoms with Crippen molar-refractivity contribution in [2.24, 2.45) is 11.8 Å². The van der Waals surface area contributed by atoms with E-state index in [-0.39, 0.29) is 0 Å². The Bertz CT molecular complexity index is 307. The van der Waals surface area contributed by atoms with Gasteiger partial charge in [0, 0.05) is 0 Å². The molecule has 0 saturated heterocycles. The van der Waals surface area contributed by atoms with Crippen LogP contribution in [0.2, 0.25) is 0 Å². The largest absolute Gasteiger partial charge is 0.330 e. The highest BCUT2D eigenvalue weighted by molar-refractivity contribution is 7.53. The molecule has 130 valence electrons. The third kappa shape index (κ3) is 6.72. The van der Waals surface area contributed by atoms with E-state index in [9.17, 15) is 4.57 Å². The number of unbranched alkanes of at least 4 members (excludes halogenated alkanes) is 1. The first-order valence-corrected chi connectivity index (χ1v) is 11.3. The van der Waals surface area contributed by atoms with Crippen molar-refractivity contribution >= 4 is 7.60 Å². The smallest absolute Gasteiger partial charge is 0.308 e. The Morgan fingerprint density at radius 3 is 1.68 bits per heavy atom. The van der Waals surface area contributed by atoms with Crippen LogP contribution in [0.3, 0.4) is 0 Å². The van der Waals surface area contributed by atoms with Crippen molar-refractivity contribution in [1.29, 1.82) is 0 Å². The third-order valence-electron chi connectivity index (χ3n) is 5.25. The summed E-state index contributed by atoms with van der Waals surface area (Å²) in [6, 6.07) is 0. The van der Waals surface area contributed by atoms with Crippen molar-refractivity contribution in [3.05, 3.63) is 0 Å². The highest BCUT2D eigenvalue weighted by Crippen LogP contribution is 2.50. The summed E-state index contributed by atoms with van der Waals surface area (Å²) < 4.78 is 24.8. The SMILES string of the molecule is CCCCP(=O)(OCC1CCCCC1)OCC1CCCCC1. The van der Waals surface area contributed by atoms with Gasteiger partial charge in [-0.3, -0.25) is 4.57 Å². The molecule has 0 spiro atoms. The molecule has 3 nitrogen and oxygen atoms in total. The second kappa shape index (κ2) is 10.1. The van der Waals surface area contributed by atoms with Gasteiger partial charge in [-0.1, -0.05) is 51.9 Å². The molecule has 2 aliphatic carbocycles. The van der Waals surface area contributed by atoms with Crippen LogP contribution in [0.15, 0.2) is 0 Å². The van der Waals surface area contributed by atoms with Gasteiger partial charge < -0.3 is 9.05 Å². The second-order valence-corrected chi connectivity index (χ2v) is 9.47. The third-order valence-corrected chi connectivity index (χ3v) is 7.20. The Morgan fingerprint density at radius 2 is 1.27 bits per heavy atom. The van der Waals surface area contributed by atoms with E-state index < -0.39 is 7.60 Å². The first-order chi connectivity index (χ1) is 10.7. The maximum absolute atomic E-state index is 13.0. The Hall–Kier alpha value is 0.150. The van der Waals surface area contributed by atoms with Crippen molar-refractivity contribution in [2.45, 2.75) is 84.0 Å². The van der Waals surface area contributed by atoms with Gasteiger partial charge in [0.15, 0.2) is 0 Å². The van der Waals surface area contributed by atoms with Gasteiger partial charge >= 0.3 is 7.60 Å². The van der Waals surface area contributed by atoms with E-state index in [1.54, 1.807) is 0 Å². The van der Waals surface area contributed by atoms with Crippen LogP contribution in [-0.2, 0) is 13.6 Å².